The monoisotopic (exact) mass is 345 g/mol. The summed E-state index contributed by atoms with van der Waals surface area (Å²) in [5.74, 6) is 0.944. The number of carbonyl (C=O) groups excluding carboxylic acids is 2. The average Bonchev–Trinajstić information content (AvgIpc) is 3.26. The first kappa shape index (κ1) is 17.1. The van der Waals surface area contributed by atoms with Crippen LogP contribution in [-0.4, -0.2) is 63.5 Å². The highest BCUT2D eigenvalue weighted by molar-refractivity contribution is 5.91. The summed E-state index contributed by atoms with van der Waals surface area (Å²) in [4.78, 5) is 32.2. The predicted octanol–water partition coefficient (Wildman–Crippen LogP) is 1.34. The maximum atomic E-state index is 12.4. The van der Waals surface area contributed by atoms with Gasteiger partial charge in [-0.2, -0.15) is 0 Å². The Hall–Kier alpha value is -2.77. The van der Waals surface area contributed by atoms with Crippen LogP contribution >= 0.6 is 0 Å². The third-order valence-corrected chi connectivity index (χ3v) is 4.22. The number of hydrogen-bond donors (Lipinski definition) is 1. The van der Waals surface area contributed by atoms with E-state index in [1.54, 1.807) is 34.5 Å². The predicted molar refractivity (Wildman–Crippen MR) is 91.1 cm³/mol. The minimum atomic E-state index is -0.123. The molecule has 0 unspecified atom stereocenters. The number of rotatable bonds is 4. The van der Waals surface area contributed by atoms with Crippen molar-refractivity contribution < 1.29 is 14.0 Å². The summed E-state index contributed by atoms with van der Waals surface area (Å²) in [5.41, 5.74) is 0. The Kier molecular flexibility index (Phi) is 5.06. The largest absolute Gasteiger partial charge is 0.456 e. The fourth-order valence-corrected chi connectivity index (χ4v) is 2.88. The van der Waals surface area contributed by atoms with Crippen LogP contribution in [-0.2, 0) is 6.54 Å². The fraction of sp³-hybridized carbons (Fsp3) is 0.471. The van der Waals surface area contributed by atoms with Crippen molar-refractivity contribution in [1.82, 2.24) is 24.7 Å². The van der Waals surface area contributed by atoms with E-state index in [0.29, 0.717) is 44.2 Å². The molecule has 8 heteroatoms. The number of imidazole rings is 1. The highest BCUT2D eigenvalue weighted by Crippen LogP contribution is 2.12. The van der Waals surface area contributed by atoms with Crippen LogP contribution < -0.4 is 5.32 Å². The topological polar surface area (TPSA) is 83.6 Å². The molecule has 2 aromatic rings. The first-order chi connectivity index (χ1) is 12.0. The van der Waals surface area contributed by atoms with Crippen molar-refractivity contribution in [2.75, 3.05) is 26.2 Å². The van der Waals surface area contributed by atoms with Gasteiger partial charge < -0.3 is 24.1 Å². The van der Waals surface area contributed by atoms with Gasteiger partial charge in [-0.05, 0) is 26.0 Å². The van der Waals surface area contributed by atoms with Gasteiger partial charge in [-0.25, -0.2) is 9.78 Å². The molecule has 3 heterocycles. The Morgan fingerprint density at radius 2 is 1.96 bits per heavy atom. The van der Waals surface area contributed by atoms with Crippen molar-refractivity contribution in [2.24, 2.45) is 0 Å². The summed E-state index contributed by atoms with van der Waals surface area (Å²) in [6, 6.07) is 3.36. The number of carbonyl (C=O) groups is 2. The molecule has 3 amide bonds. The lowest BCUT2D eigenvalue weighted by molar-refractivity contribution is 0.0631. The van der Waals surface area contributed by atoms with Crippen molar-refractivity contribution in [3.05, 3.63) is 42.4 Å². The van der Waals surface area contributed by atoms with Gasteiger partial charge in [0.25, 0.3) is 5.91 Å². The standard InChI is InChI=1S/C17H23N5O3/c1-13(11-20-6-5-18-12-20)19-17(24)22-9-7-21(8-10-22)16(23)15-4-3-14(2)25-15/h3-6,12-13H,7-11H2,1-2H3,(H,19,24)/t13-/m0/s1. The zero-order valence-electron chi connectivity index (χ0n) is 14.5. The molecule has 1 aliphatic heterocycles. The number of amides is 3. The molecule has 1 N–H and O–H groups in total. The molecule has 134 valence electrons. The van der Waals surface area contributed by atoms with E-state index in [-0.39, 0.29) is 18.0 Å². The number of nitrogens with one attached hydrogen (secondary N) is 1. The highest BCUT2D eigenvalue weighted by Gasteiger charge is 2.26. The fourth-order valence-electron chi connectivity index (χ4n) is 2.88. The van der Waals surface area contributed by atoms with E-state index < -0.39 is 0 Å². The molecular formula is C17H23N5O3. The van der Waals surface area contributed by atoms with Crippen LogP contribution in [0, 0.1) is 6.92 Å². The Balaban J connectivity index is 1.46. The molecule has 3 rings (SSSR count). The van der Waals surface area contributed by atoms with Crippen molar-refractivity contribution in [3.63, 3.8) is 0 Å². The lowest BCUT2D eigenvalue weighted by Gasteiger charge is -2.35. The molecule has 1 fully saturated rings. The van der Waals surface area contributed by atoms with Crippen molar-refractivity contribution in [3.8, 4) is 0 Å². The quantitative estimate of drug-likeness (QED) is 0.906. The number of aryl methyl sites for hydroxylation is 1. The van der Waals surface area contributed by atoms with Crippen LogP contribution in [0.3, 0.4) is 0 Å². The highest BCUT2D eigenvalue weighted by atomic mass is 16.3. The third-order valence-electron chi connectivity index (χ3n) is 4.22. The molecule has 1 aliphatic rings. The second-order valence-corrected chi connectivity index (χ2v) is 6.30. The molecule has 0 aliphatic carbocycles. The zero-order chi connectivity index (χ0) is 17.8. The lowest BCUT2D eigenvalue weighted by Crippen LogP contribution is -2.54. The molecular weight excluding hydrogens is 322 g/mol. The summed E-state index contributed by atoms with van der Waals surface area (Å²) < 4.78 is 7.31. The number of urea groups is 1. The normalized spacial score (nSPS) is 15.9. The summed E-state index contributed by atoms with van der Waals surface area (Å²) in [7, 11) is 0. The Morgan fingerprint density at radius 3 is 2.56 bits per heavy atom. The smallest absolute Gasteiger partial charge is 0.317 e. The van der Waals surface area contributed by atoms with Crippen molar-refractivity contribution in [1.29, 1.82) is 0 Å². The van der Waals surface area contributed by atoms with Crippen molar-refractivity contribution in [2.45, 2.75) is 26.4 Å². The van der Waals surface area contributed by atoms with Crippen LogP contribution in [0.4, 0.5) is 4.79 Å². The minimum Gasteiger partial charge on any atom is -0.456 e. The minimum absolute atomic E-state index is 0.00699. The van der Waals surface area contributed by atoms with Crippen LogP contribution in [0.25, 0.3) is 0 Å². The summed E-state index contributed by atoms with van der Waals surface area (Å²) in [5, 5.41) is 2.98. The van der Waals surface area contributed by atoms with E-state index >= 15 is 0 Å². The van der Waals surface area contributed by atoms with Gasteiger partial charge in [-0.3, -0.25) is 4.79 Å². The number of furan rings is 1. The average molecular weight is 345 g/mol. The van der Waals surface area contributed by atoms with Crippen LogP contribution in [0.2, 0.25) is 0 Å². The number of hydrogen-bond acceptors (Lipinski definition) is 4. The maximum Gasteiger partial charge on any atom is 0.317 e. The maximum absolute atomic E-state index is 12.4. The molecule has 25 heavy (non-hydrogen) atoms. The van der Waals surface area contributed by atoms with E-state index in [0.717, 1.165) is 0 Å². The van der Waals surface area contributed by atoms with Crippen LogP contribution in [0.5, 0.6) is 0 Å². The summed E-state index contributed by atoms with van der Waals surface area (Å²) >= 11 is 0. The van der Waals surface area contributed by atoms with E-state index in [2.05, 4.69) is 10.3 Å². The van der Waals surface area contributed by atoms with E-state index in [1.807, 2.05) is 24.6 Å². The third kappa shape index (κ3) is 4.20. The molecule has 1 saturated heterocycles. The molecule has 0 saturated carbocycles. The molecule has 0 aromatic carbocycles. The molecule has 0 spiro atoms. The zero-order valence-corrected chi connectivity index (χ0v) is 14.5. The first-order valence-corrected chi connectivity index (χ1v) is 8.40. The Labute approximate surface area is 146 Å². The first-order valence-electron chi connectivity index (χ1n) is 8.40. The van der Waals surface area contributed by atoms with Gasteiger partial charge in [-0.1, -0.05) is 0 Å². The number of aromatic nitrogens is 2. The molecule has 8 nitrogen and oxygen atoms in total. The van der Waals surface area contributed by atoms with Gasteiger partial charge in [0, 0.05) is 51.2 Å². The molecule has 1 atom stereocenters. The van der Waals surface area contributed by atoms with E-state index in [1.165, 1.54) is 0 Å². The van der Waals surface area contributed by atoms with Gasteiger partial charge >= 0.3 is 6.03 Å². The summed E-state index contributed by atoms with van der Waals surface area (Å²) in [6.45, 7) is 6.46. The lowest BCUT2D eigenvalue weighted by atomic mass is 10.3. The van der Waals surface area contributed by atoms with Gasteiger partial charge in [0.15, 0.2) is 5.76 Å². The van der Waals surface area contributed by atoms with Crippen LogP contribution in [0.15, 0.2) is 35.3 Å². The second kappa shape index (κ2) is 7.42. The van der Waals surface area contributed by atoms with Gasteiger partial charge in [0.2, 0.25) is 0 Å². The number of piperazine rings is 1. The van der Waals surface area contributed by atoms with Gasteiger partial charge in [-0.15, -0.1) is 0 Å². The van der Waals surface area contributed by atoms with E-state index in [9.17, 15) is 9.59 Å². The van der Waals surface area contributed by atoms with Gasteiger partial charge in [0.1, 0.15) is 5.76 Å². The molecule has 0 radical (unpaired) electrons. The summed E-state index contributed by atoms with van der Waals surface area (Å²) in [6.07, 6.45) is 5.30. The van der Waals surface area contributed by atoms with Crippen molar-refractivity contribution >= 4 is 11.9 Å². The Bertz CT molecular complexity index is 716. The molecule has 2 aromatic heterocycles. The Morgan fingerprint density at radius 1 is 1.24 bits per heavy atom. The second-order valence-electron chi connectivity index (χ2n) is 6.30. The van der Waals surface area contributed by atoms with E-state index in [4.69, 9.17) is 4.42 Å². The SMILES string of the molecule is Cc1ccc(C(=O)N2CCN(C(=O)N[C@@H](C)Cn3ccnc3)CC2)o1. The van der Waals surface area contributed by atoms with Gasteiger partial charge in [0.05, 0.1) is 6.33 Å². The molecule has 0 bridgehead atoms. The van der Waals surface area contributed by atoms with Crippen LogP contribution in [0.1, 0.15) is 23.2 Å². The number of nitrogens with zero attached hydrogens (tertiary/aromatic N) is 4.